The van der Waals surface area contributed by atoms with Crippen molar-refractivity contribution < 1.29 is 14.3 Å². The van der Waals surface area contributed by atoms with Gasteiger partial charge in [-0.1, -0.05) is 18.2 Å². The standard InChI is InChI=1S/C25H32N4O3/c1-16-7-6-8-17(2)22(16)12-26-23-11-20(13-29-19(4)18(3)27-24(23)29)25(30)28-14-21(15-28)32-10-9-31-5/h6-8,11,13,21,26H,9-10,12,14-15H2,1-5H3. The van der Waals surface area contributed by atoms with E-state index in [2.05, 4.69) is 37.4 Å². The number of rotatable bonds is 8. The molecule has 1 amide bonds. The molecule has 0 aliphatic carbocycles. The molecule has 0 unspecified atom stereocenters. The molecule has 0 atom stereocenters. The average Bonchev–Trinajstić information content (AvgIpc) is 3.03. The molecule has 7 heteroatoms. The normalized spacial score (nSPS) is 14.1. The second-order valence-electron chi connectivity index (χ2n) is 8.54. The Morgan fingerprint density at radius 2 is 1.88 bits per heavy atom. The van der Waals surface area contributed by atoms with Crippen LogP contribution >= 0.6 is 0 Å². The Bertz CT molecular complexity index is 1110. The van der Waals surface area contributed by atoms with Gasteiger partial charge in [-0.3, -0.25) is 4.79 Å². The van der Waals surface area contributed by atoms with E-state index < -0.39 is 0 Å². The number of amides is 1. The molecule has 2 aromatic heterocycles. The smallest absolute Gasteiger partial charge is 0.255 e. The summed E-state index contributed by atoms with van der Waals surface area (Å²) in [6.45, 7) is 11.3. The minimum Gasteiger partial charge on any atom is -0.382 e. The number of aryl methyl sites for hydroxylation is 4. The minimum absolute atomic E-state index is 0.0133. The number of carbonyl (C=O) groups excluding carboxylic acids is 1. The van der Waals surface area contributed by atoms with Crippen LogP contribution in [0.4, 0.5) is 5.69 Å². The van der Waals surface area contributed by atoms with Gasteiger partial charge in [-0.05, 0) is 50.5 Å². The number of methoxy groups -OCH3 is 1. The summed E-state index contributed by atoms with van der Waals surface area (Å²) in [6.07, 6.45) is 1.98. The van der Waals surface area contributed by atoms with Gasteiger partial charge in [0.15, 0.2) is 5.65 Å². The largest absolute Gasteiger partial charge is 0.382 e. The Hall–Kier alpha value is -2.90. The van der Waals surface area contributed by atoms with Crippen molar-refractivity contribution in [2.24, 2.45) is 0 Å². The Kier molecular flexibility index (Phi) is 6.48. The van der Waals surface area contributed by atoms with Crippen molar-refractivity contribution in [3.05, 3.63) is 64.1 Å². The highest BCUT2D eigenvalue weighted by Crippen LogP contribution is 2.25. The first-order valence-corrected chi connectivity index (χ1v) is 11.1. The van der Waals surface area contributed by atoms with Crippen molar-refractivity contribution in [2.45, 2.75) is 40.3 Å². The first-order chi connectivity index (χ1) is 15.4. The second-order valence-corrected chi connectivity index (χ2v) is 8.54. The van der Waals surface area contributed by atoms with Crippen molar-refractivity contribution in [1.82, 2.24) is 14.3 Å². The molecule has 1 aliphatic heterocycles. The van der Waals surface area contributed by atoms with Crippen LogP contribution in [0.3, 0.4) is 0 Å². The van der Waals surface area contributed by atoms with Crippen LogP contribution in [0.1, 0.15) is 38.4 Å². The number of hydrogen-bond donors (Lipinski definition) is 1. The fourth-order valence-electron chi connectivity index (χ4n) is 4.12. The number of likely N-dealkylation sites (tertiary alicyclic amines) is 1. The van der Waals surface area contributed by atoms with Gasteiger partial charge in [0.05, 0.1) is 36.3 Å². The van der Waals surface area contributed by atoms with Gasteiger partial charge in [-0.2, -0.15) is 0 Å². The SMILES string of the molecule is COCCOC1CN(C(=O)c2cc(NCc3c(C)cccc3C)c3nc(C)c(C)n3c2)C1. The van der Waals surface area contributed by atoms with Gasteiger partial charge < -0.3 is 24.1 Å². The van der Waals surface area contributed by atoms with Crippen molar-refractivity contribution >= 4 is 17.2 Å². The molecule has 7 nitrogen and oxygen atoms in total. The predicted molar refractivity (Wildman–Crippen MR) is 125 cm³/mol. The first kappa shape index (κ1) is 22.3. The molecule has 3 aromatic rings. The number of pyridine rings is 1. The van der Waals surface area contributed by atoms with Gasteiger partial charge in [0, 0.05) is 38.6 Å². The molecule has 0 radical (unpaired) electrons. The molecule has 1 fully saturated rings. The van der Waals surface area contributed by atoms with Crippen LogP contribution in [0.15, 0.2) is 30.5 Å². The highest BCUT2D eigenvalue weighted by Gasteiger charge is 2.32. The molecule has 1 aromatic carbocycles. The zero-order chi connectivity index (χ0) is 22.8. The molecular weight excluding hydrogens is 404 g/mol. The van der Waals surface area contributed by atoms with E-state index in [1.807, 2.05) is 35.4 Å². The van der Waals surface area contributed by atoms with Crippen LogP contribution in [0, 0.1) is 27.7 Å². The molecular formula is C25H32N4O3. The number of fused-ring (bicyclic) bond motifs is 1. The van der Waals surface area contributed by atoms with Crippen LogP contribution in [-0.2, 0) is 16.0 Å². The summed E-state index contributed by atoms with van der Waals surface area (Å²) in [5.74, 6) is 0.0133. The molecule has 1 N–H and O–H groups in total. The van der Waals surface area contributed by atoms with Gasteiger partial charge in [0.2, 0.25) is 0 Å². The van der Waals surface area contributed by atoms with Gasteiger partial charge in [0.25, 0.3) is 5.91 Å². The number of ether oxygens (including phenoxy) is 2. The maximum absolute atomic E-state index is 13.2. The fraction of sp³-hybridized carbons (Fsp3) is 0.440. The van der Waals surface area contributed by atoms with Crippen LogP contribution in [0.2, 0.25) is 0 Å². The van der Waals surface area contributed by atoms with E-state index in [9.17, 15) is 4.79 Å². The lowest BCUT2D eigenvalue weighted by molar-refractivity contribution is -0.0555. The van der Waals surface area contributed by atoms with Crippen LogP contribution < -0.4 is 5.32 Å². The summed E-state index contributed by atoms with van der Waals surface area (Å²) >= 11 is 0. The quantitative estimate of drug-likeness (QED) is 0.546. The van der Waals surface area contributed by atoms with E-state index >= 15 is 0 Å². The number of nitrogens with one attached hydrogen (secondary N) is 1. The number of benzene rings is 1. The van der Waals surface area contributed by atoms with E-state index in [-0.39, 0.29) is 12.0 Å². The summed E-state index contributed by atoms with van der Waals surface area (Å²) in [5, 5.41) is 3.55. The number of carbonyl (C=O) groups is 1. The van der Waals surface area contributed by atoms with Crippen molar-refractivity contribution in [2.75, 3.05) is 38.7 Å². The predicted octanol–water partition coefficient (Wildman–Crippen LogP) is 3.67. The van der Waals surface area contributed by atoms with Gasteiger partial charge in [0.1, 0.15) is 0 Å². The number of aromatic nitrogens is 2. The lowest BCUT2D eigenvalue weighted by atomic mass is 10.0. The van der Waals surface area contributed by atoms with E-state index in [1.165, 1.54) is 16.7 Å². The van der Waals surface area contributed by atoms with E-state index in [0.29, 0.717) is 38.4 Å². The lowest BCUT2D eigenvalue weighted by Gasteiger charge is -2.39. The molecule has 4 rings (SSSR count). The zero-order valence-corrected chi connectivity index (χ0v) is 19.6. The second kappa shape index (κ2) is 9.30. The van der Waals surface area contributed by atoms with E-state index in [4.69, 9.17) is 14.5 Å². The molecule has 1 aliphatic rings. The van der Waals surface area contributed by atoms with Crippen molar-refractivity contribution in [1.29, 1.82) is 0 Å². The molecule has 3 heterocycles. The monoisotopic (exact) mass is 436 g/mol. The molecule has 170 valence electrons. The molecule has 0 spiro atoms. The number of imidazole rings is 1. The van der Waals surface area contributed by atoms with Crippen molar-refractivity contribution in [3.8, 4) is 0 Å². The topological polar surface area (TPSA) is 68.1 Å². The van der Waals surface area contributed by atoms with Gasteiger partial charge >= 0.3 is 0 Å². The molecule has 32 heavy (non-hydrogen) atoms. The molecule has 1 saturated heterocycles. The van der Waals surface area contributed by atoms with Crippen molar-refractivity contribution in [3.63, 3.8) is 0 Å². The van der Waals surface area contributed by atoms with Crippen LogP contribution in [-0.4, -0.2) is 59.7 Å². The van der Waals surface area contributed by atoms with Gasteiger partial charge in [-0.15, -0.1) is 0 Å². The summed E-state index contributed by atoms with van der Waals surface area (Å²) < 4.78 is 12.8. The van der Waals surface area contributed by atoms with Crippen LogP contribution in [0.5, 0.6) is 0 Å². The number of anilines is 1. The maximum Gasteiger partial charge on any atom is 0.255 e. The zero-order valence-electron chi connectivity index (χ0n) is 19.6. The Balaban J connectivity index is 1.56. The summed E-state index contributed by atoms with van der Waals surface area (Å²) in [5.41, 5.74) is 8.11. The lowest BCUT2D eigenvalue weighted by Crippen LogP contribution is -2.55. The fourth-order valence-corrected chi connectivity index (χ4v) is 4.12. The molecule has 0 saturated carbocycles. The number of nitrogens with zero attached hydrogens (tertiary/aromatic N) is 3. The third kappa shape index (κ3) is 4.36. The Morgan fingerprint density at radius 3 is 2.56 bits per heavy atom. The van der Waals surface area contributed by atoms with E-state index in [1.54, 1.807) is 7.11 Å². The van der Waals surface area contributed by atoms with E-state index in [0.717, 1.165) is 22.7 Å². The average molecular weight is 437 g/mol. The van der Waals surface area contributed by atoms with Gasteiger partial charge in [-0.25, -0.2) is 4.98 Å². The Morgan fingerprint density at radius 1 is 1.16 bits per heavy atom. The highest BCUT2D eigenvalue weighted by atomic mass is 16.5. The summed E-state index contributed by atoms with van der Waals surface area (Å²) in [6, 6.07) is 8.25. The molecule has 0 bridgehead atoms. The summed E-state index contributed by atoms with van der Waals surface area (Å²) in [7, 11) is 1.65. The first-order valence-electron chi connectivity index (χ1n) is 11.1. The summed E-state index contributed by atoms with van der Waals surface area (Å²) in [4.78, 5) is 19.8. The minimum atomic E-state index is 0.0133. The van der Waals surface area contributed by atoms with Crippen LogP contribution in [0.25, 0.3) is 5.65 Å². The third-order valence-corrected chi connectivity index (χ3v) is 6.32. The highest BCUT2D eigenvalue weighted by molar-refractivity contribution is 5.96. The third-order valence-electron chi connectivity index (χ3n) is 6.32. The Labute approximate surface area is 189 Å². The number of hydrogen-bond acceptors (Lipinski definition) is 5. The maximum atomic E-state index is 13.2.